The maximum Gasteiger partial charge on any atom is 0.416 e. The van der Waals surface area contributed by atoms with Gasteiger partial charge in [-0.2, -0.15) is 13.2 Å². The molecule has 0 atom stereocenters. The molecule has 2 heterocycles. The zero-order valence-electron chi connectivity index (χ0n) is 17.7. The molecule has 0 spiro atoms. The van der Waals surface area contributed by atoms with Crippen LogP contribution < -0.4 is 21.1 Å². The number of fused-ring (bicyclic) bond motifs is 1. The lowest BCUT2D eigenvalue weighted by molar-refractivity contribution is -0.137. The van der Waals surface area contributed by atoms with Gasteiger partial charge in [0.05, 0.1) is 28.8 Å². The van der Waals surface area contributed by atoms with E-state index in [9.17, 15) is 22.4 Å². The van der Waals surface area contributed by atoms with E-state index in [2.05, 4.69) is 20.6 Å². The van der Waals surface area contributed by atoms with Crippen LogP contribution in [0.15, 0.2) is 54.7 Å². The van der Waals surface area contributed by atoms with Crippen molar-refractivity contribution >= 4 is 34.4 Å². The minimum atomic E-state index is -4.61. The second-order valence-electron chi connectivity index (χ2n) is 7.19. The van der Waals surface area contributed by atoms with Crippen LogP contribution in [-0.4, -0.2) is 27.0 Å². The zero-order valence-corrected chi connectivity index (χ0v) is 17.7. The fourth-order valence-electron chi connectivity index (χ4n) is 3.15. The van der Waals surface area contributed by atoms with Crippen molar-refractivity contribution < 1.29 is 27.1 Å². The number of aryl methyl sites for hydroxylation is 1. The van der Waals surface area contributed by atoms with Crippen LogP contribution in [0, 0.1) is 5.82 Å². The molecule has 8 nitrogen and oxygen atoms in total. The van der Waals surface area contributed by atoms with Crippen molar-refractivity contribution in [3.8, 4) is 11.5 Å². The summed E-state index contributed by atoms with van der Waals surface area (Å²) in [5.74, 6) is -0.0506. The lowest BCUT2D eigenvalue weighted by Gasteiger charge is -2.11. The lowest BCUT2D eigenvalue weighted by Crippen LogP contribution is -2.22. The Morgan fingerprint density at radius 2 is 1.88 bits per heavy atom. The number of imidazole rings is 1. The Morgan fingerprint density at radius 3 is 2.62 bits per heavy atom. The third-order valence-electron chi connectivity index (χ3n) is 4.81. The molecule has 0 aliphatic carbocycles. The number of alkyl halides is 3. The summed E-state index contributed by atoms with van der Waals surface area (Å²) in [4.78, 5) is 19.8. The smallest absolute Gasteiger partial charge is 0.416 e. The van der Waals surface area contributed by atoms with Gasteiger partial charge in [0.2, 0.25) is 11.9 Å². The molecule has 1 amide bonds. The van der Waals surface area contributed by atoms with Crippen molar-refractivity contribution in [3.63, 3.8) is 0 Å². The minimum Gasteiger partial charge on any atom is -0.457 e. The third kappa shape index (κ3) is 4.91. The molecule has 0 unspecified atom stereocenters. The molecular weight excluding hydrogens is 456 g/mol. The molecule has 2 aromatic heterocycles. The molecule has 0 aliphatic rings. The van der Waals surface area contributed by atoms with E-state index in [1.54, 1.807) is 35.9 Å². The average molecular weight is 474 g/mol. The number of aromatic nitrogens is 3. The predicted octanol–water partition coefficient (Wildman–Crippen LogP) is 4.56. The number of carbonyl (C=O) groups is 1. The molecule has 4 aromatic rings. The molecule has 0 radical (unpaired) electrons. The largest absolute Gasteiger partial charge is 0.457 e. The summed E-state index contributed by atoms with van der Waals surface area (Å²) in [7, 11) is 1.64. The molecule has 0 fully saturated rings. The van der Waals surface area contributed by atoms with Crippen molar-refractivity contribution in [1.29, 1.82) is 0 Å². The maximum atomic E-state index is 14.1. The van der Waals surface area contributed by atoms with Crippen molar-refractivity contribution in [3.05, 3.63) is 66.1 Å². The average Bonchev–Trinajstić information content (AvgIpc) is 3.09. The van der Waals surface area contributed by atoms with Gasteiger partial charge in [0, 0.05) is 25.4 Å². The highest BCUT2D eigenvalue weighted by molar-refractivity contribution is 5.91. The van der Waals surface area contributed by atoms with Gasteiger partial charge in [0.1, 0.15) is 23.1 Å². The number of nitrogens with two attached hydrogens (primary N) is 1. The van der Waals surface area contributed by atoms with Crippen LogP contribution in [0.1, 0.15) is 5.56 Å². The van der Waals surface area contributed by atoms with Gasteiger partial charge in [-0.25, -0.2) is 14.4 Å². The number of anilines is 3. The van der Waals surface area contributed by atoms with Gasteiger partial charge >= 0.3 is 6.18 Å². The number of benzene rings is 2. The molecule has 34 heavy (non-hydrogen) atoms. The number of hydrogen-bond donors (Lipinski definition) is 3. The van der Waals surface area contributed by atoms with E-state index >= 15 is 0 Å². The second-order valence-corrected chi connectivity index (χ2v) is 7.19. The number of hydrogen-bond acceptors (Lipinski definition) is 6. The first kappa shape index (κ1) is 23.0. The molecule has 2 aromatic carbocycles. The van der Waals surface area contributed by atoms with Crippen molar-refractivity contribution in [2.75, 3.05) is 17.2 Å². The first-order valence-corrected chi connectivity index (χ1v) is 9.88. The fraction of sp³-hybridized carbons (Fsp3) is 0.136. The second kappa shape index (κ2) is 8.98. The Morgan fingerprint density at radius 1 is 1.12 bits per heavy atom. The highest BCUT2D eigenvalue weighted by Crippen LogP contribution is 2.33. The van der Waals surface area contributed by atoms with Crippen LogP contribution in [0.25, 0.3) is 11.0 Å². The maximum absolute atomic E-state index is 14.1. The van der Waals surface area contributed by atoms with Gasteiger partial charge in [0.25, 0.3) is 0 Å². The van der Waals surface area contributed by atoms with Gasteiger partial charge in [0.15, 0.2) is 0 Å². The summed E-state index contributed by atoms with van der Waals surface area (Å²) >= 11 is 0. The summed E-state index contributed by atoms with van der Waals surface area (Å²) < 4.78 is 60.5. The monoisotopic (exact) mass is 474 g/mol. The summed E-state index contributed by atoms with van der Waals surface area (Å²) in [5.41, 5.74) is 5.03. The van der Waals surface area contributed by atoms with E-state index < -0.39 is 23.5 Å². The number of amides is 1. The van der Waals surface area contributed by atoms with Gasteiger partial charge in [-0.1, -0.05) is 0 Å². The van der Waals surface area contributed by atoms with E-state index in [-0.39, 0.29) is 24.0 Å². The predicted molar refractivity (Wildman–Crippen MR) is 117 cm³/mol. The molecule has 0 saturated carbocycles. The Kier molecular flexibility index (Phi) is 6.07. The quantitative estimate of drug-likeness (QED) is 0.354. The highest BCUT2D eigenvalue weighted by Gasteiger charge is 2.31. The summed E-state index contributed by atoms with van der Waals surface area (Å²) in [6.07, 6.45) is -3.16. The zero-order chi connectivity index (χ0) is 24.5. The first-order chi connectivity index (χ1) is 16.1. The molecule has 0 saturated heterocycles. The van der Waals surface area contributed by atoms with Crippen LogP contribution in [-0.2, 0) is 18.0 Å². The molecule has 176 valence electrons. The number of ether oxygens (including phenoxy) is 1. The van der Waals surface area contributed by atoms with Gasteiger partial charge < -0.3 is 25.7 Å². The van der Waals surface area contributed by atoms with E-state index in [0.717, 1.165) is 6.07 Å². The molecule has 0 bridgehead atoms. The highest BCUT2D eigenvalue weighted by atomic mass is 19.4. The van der Waals surface area contributed by atoms with Gasteiger partial charge in [-0.3, -0.25) is 4.79 Å². The number of nitrogens with one attached hydrogen (secondary N) is 2. The number of nitrogens with zero attached hydrogens (tertiary/aromatic N) is 3. The van der Waals surface area contributed by atoms with E-state index in [0.29, 0.717) is 34.7 Å². The van der Waals surface area contributed by atoms with Gasteiger partial charge in [-0.15, -0.1) is 0 Å². The normalized spacial score (nSPS) is 11.5. The van der Waals surface area contributed by atoms with Crippen LogP contribution in [0.5, 0.6) is 11.5 Å². The SMILES string of the molecule is Cn1c(Nc2cc(C(F)(F)F)ccc2F)nc2cc(Oc3ccnc(NC(=O)CN)c3)ccc21. The molecule has 4 N–H and O–H groups in total. The van der Waals surface area contributed by atoms with Crippen LogP contribution in [0.2, 0.25) is 0 Å². The van der Waals surface area contributed by atoms with Crippen molar-refractivity contribution in [2.45, 2.75) is 6.18 Å². The minimum absolute atomic E-state index is 0.140. The lowest BCUT2D eigenvalue weighted by atomic mass is 10.2. The Bertz CT molecular complexity index is 1370. The van der Waals surface area contributed by atoms with Crippen LogP contribution in [0.4, 0.5) is 35.0 Å². The number of carbonyl (C=O) groups excluding carboxylic acids is 1. The number of halogens is 4. The third-order valence-corrected chi connectivity index (χ3v) is 4.81. The molecular formula is C22H18F4N6O2. The molecule has 4 rings (SSSR count). The van der Waals surface area contributed by atoms with Crippen molar-refractivity contribution in [2.24, 2.45) is 12.8 Å². The topological polar surface area (TPSA) is 107 Å². The summed E-state index contributed by atoms with van der Waals surface area (Å²) in [6, 6.07) is 10.2. The summed E-state index contributed by atoms with van der Waals surface area (Å²) in [6.45, 7) is -0.191. The Labute approximate surface area is 190 Å². The van der Waals surface area contributed by atoms with E-state index in [1.807, 2.05) is 0 Å². The molecule has 12 heteroatoms. The summed E-state index contributed by atoms with van der Waals surface area (Å²) in [5, 5.41) is 5.14. The first-order valence-electron chi connectivity index (χ1n) is 9.88. The van der Waals surface area contributed by atoms with Crippen molar-refractivity contribution in [1.82, 2.24) is 14.5 Å². The van der Waals surface area contributed by atoms with Crippen LogP contribution in [0.3, 0.4) is 0 Å². The standard InChI is InChI=1S/C22H18F4N6O2/c1-32-18-5-3-13(34-14-6-7-28-19(10-14)31-20(33)11-27)9-17(18)30-21(32)29-16-8-12(22(24,25)26)2-4-15(16)23/h2-10H,11,27H2,1H3,(H,29,30)(H,28,31,33). The van der Waals surface area contributed by atoms with E-state index in [1.165, 1.54) is 12.3 Å². The van der Waals surface area contributed by atoms with Gasteiger partial charge in [-0.05, 0) is 36.4 Å². The number of rotatable bonds is 6. The van der Waals surface area contributed by atoms with E-state index in [4.69, 9.17) is 10.5 Å². The van der Waals surface area contributed by atoms with Crippen LogP contribution >= 0.6 is 0 Å². The number of pyridine rings is 1. The molecule has 0 aliphatic heterocycles. The Balaban J connectivity index is 1.59. The fourth-order valence-corrected chi connectivity index (χ4v) is 3.15. The Hall–Kier alpha value is -4.19.